The first kappa shape index (κ1) is 13.5. The molecule has 7 nitrogen and oxygen atoms in total. The number of hydrogen-bond acceptors (Lipinski definition) is 4. The lowest BCUT2D eigenvalue weighted by Gasteiger charge is -2.12. The van der Waals surface area contributed by atoms with E-state index in [1.807, 2.05) is 13.8 Å². The van der Waals surface area contributed by atoms with Gasteiger partial charge < -0.3 is 10.0 Å². The van der Waals surface area contributed by atoms with Crippen molar-refractivity contribution in [3.8, 4) is 0 Å². The second kappa shape index (κ2) is 5.38. The number of aromatic amines is 1. The molecule has 0 aliphatic carbocycles. The van der Waals surface area contributed by atoms with Gasteiger partial charge in [-0.05, 0) is 12.3 Å². The maximum absolute atomic E-state index is 12.2. The van der Waals surface area contributed by atoms with Crippen molar-refractivity contribution in [2.75, 3.05) is 13.1 Å². The van der Waals surface area contributed by atoms with E-state index in [1.165, 1.54) is 4.90 Å². The molecule has 0 aromatic carbocycles. The molecule has 2 rings (SSSR count). The fourth-order valence-corrected chi connectivity index (χ4v) is 2.34. The third kappa shape index (κ3) is 2.74. The van der Waals surface area contributed by atoms with E-state index in [9.17, 15) is 9.59 Å². The van der Waals surface area contributed by atoms with Gasteiger partial charge in [0.15, 0.2) is 0 Å². The van der Waals surface area contributed by atoms with Crippen molar-refractivity contribution < 1.29 is 14.7 Å². The smallest absolute Gasteiger partial charge is 0.308 e. The summed E-state index contributed by atoms with van der Waals surface area (Å²) in [6.45, 7) is 4.52. The van der Waals surface area contributed by atoms with Crippen LogP contribution in [0.3, 0.4) is 0 Å². The monoisotopic (exact) mass is 266 g/mol. The van der Waals surface area contributed by atoms with Crippen molar-refractivity contribution in [3.63, 3.8) is 0 Å². The number of aryl methyl sites for hydroxylation is 1. The van der Waals surface area contributed by atoms with Gasteiger partial charge in [0.1, 0.15) is 5.82 Å². The molecule has 0 spiro atoms. The summed E-state index contributed by atoms with van der Waals surface area (Å²) in [7, 11) is 0. The summed E-state index contributed by atoms with van der Waals surface area (Å²) >= 11 is 0. The highest BCUT2D eigenvalue weighted by atomic mass is 16.4. The van der Waals surface area contributed by atoms with Crippen molar-refractivity contribution in [2.24, 2.45) is 11.8 Å². The lowest BCUT2D eigenvalue weighted by Crippen LogP contribution is -2.30. The number of likely N-dealkylation sites (tertiary alicyclic amines) is 1. The van der Waals surface area contributed by atoms with Gasteiger partial charge in [0.05, 0.1) is 5.92 Å². The predicted octanol–water partition coefficient (Wildman–Crippen LogP) is 0.550. The zero-order chi connectivity index (χ0) is 14.0. The van der Waals surface area contributed by atoms with Crippen molar-refractivity contribution in [3.05, 3.63) is 11.6 Å². The summed E-state index contributed by atoms with van der Waals surface area (Å²) in [5.41, 5.74) is 0. The molecule has 2 N–H and O–H groups in total. The van der Waals surface area contributed by atoms with Gasteiger partial charge in [-0.2, -0.15) is 0 Å². The molecule has 1 aliphatic rings. The van der Waals surface area contributed by atoms with E-state index in [-0.39, 0.29) is 24.2 Å². The third-order valence-corrected chi connectivity index (χ3v) is 3.43. The third-order valence-electron chi connectivity index (χ3n) is 3.43. The zero-order valence-corrected chi connectivity index (χ0v) is 11.1. The molecule has 19 heavy (non-hydrogen) atoms. The molecule has 2 heterocycles. The van der Waals surface area contributed by atoms with Crippen molar-refractivity contribution in [1.29, 1.82) is 0 Å². The van der Waals surface area contributed by atoms with Crippen LogP contribution in [0.5, 0.6) is 0 Å². The summed E-state index contributed by atoms with van der Waals surface area (Å²) in [4.78, 5) is 28.8. The Bertz CT molecular complexity index is 485. The molecule has 1 aliphatic heterocycles. The number of carbonyl (C=O) groups is 2. The maximum Gasteiger partial charge on any atom is 0.308 e. The Labute approximate surface area is 111 Å². The fraction of sp³-hybridized carbons (Fsp3) is 0.667. The van der Waals surface area contributed by atoms with Gasteiger partial charge in [-0.25, -0.2) is 4.98 Å². The van der Waals surface area contributed by atoms with Crippen molar-refractivity contribution >= 4 is 11.9 Å². The number of carboxylic acid groups (broad SMARTS) is 1. The van der Waals surface area contributed by atoms with Crippen LogP contribution in [-0.4, -0.2) is 50.2 Å². The molecule has 1 fully saturated rings. The zero-order valence-electron chi connectivity index (χ0n) is 11.1. The lowest BCUT2D eigenvalue weighted by atomic mass is 9.99. The molecular formula is C12H18N4O3. The van der Waals surface area contributed by atoms with Crippen LogP contribution in [0.1, 0.15) is 36.7 Å². The minimum Gasteiger partial charge on any atom is -0.481 e. The molecular weight excluding hydrogens is 248 g/mol. The Morgan fingerprint density at radius 3 is 2.79 bits per heavy atom. The van der Waals surface area contributed by atoms with Crippen LogP contribution in [0.15, 0.2) is 0 Å². The first-order valence-corrected chi connectivity index (χ1v) is 6.46. The molecule has 0 bridgehead atoms. The van der Waals surface area contributed by atoms with E-state index in [4.69, 9.17) is 5.11 Å². The molecule has 0 unspecified atom stereocenters. The van der Waals surface area contributed by atoms with Gasteiger partial charge in [0, 0.05) is 19.5 Å². The summed E-state index contributed by atoms with van der Waals surface area (Å²) in [5, 5.41) is 15.7. The van der Waals surface area contributed by atoms with Gasteiger partial charge in [-0.1, -0.05) is 13.8 Å². The quantitative estimate of drug-likeness (QED) is 0.829. The normalized spacial score (nSPS) is 22.7. The summed E-state index contributed by atoms with van der Waals surface area (Å²) in [6.07, 6.45) is 1.67. The number of hydrogen-bond donors (Lipinski definition) is 2. The summed E-state index contributed by atoms with van der Waals surface area (Å²) in [5.74, 6) is -0.887. The number of carboxylic acids is 1. The Kier molecular flexibility index (Phi) is 3.82. The Morgan fingerprint density at radius 1 is 1.47 bits per heavy atom. The SMILES string of the molecule is CCCc1nc(C(=O)N2C[C@@H](C)[C@H](C(=O)O)C2)n[nH]1. The lowest BCUT2D eigenvalue weighted by molar-refractivity contribution is -0.142. The van der Waals surface area contributed by atoms with E-state index < -0.39 is 11.9 Å². The van der Waals surface area contributed by atoms with E-state index in [0.717, 1.165) is 12.8 Å². The number of nitrogens with zero attached hydrogens (tertiary/aromatic N) is 3. The van der Waals surface area contributed by atoms with Crippen molar-refractivity contribution in [1.82, 2.24) is 20.1 Å². The number of nitrogens with one attached hydrogen (secondary N) is 1. The van der Waals surface area contributed by atoms with Gasteiger partial charge >= 0.3 is 5.97 Å². The number of carbonyl (C=O) groups excluding carboxylic acids is 1. The van der Waals surface area contributed by atoms with Crippen LogP contribution in [-0.2, 0) is 11.2 Å². The van der Waals surface area contributed by atoms with E-state index >= 15 is 0 Å². The molecule has 1 amide bonds. The molecule has 1 aromatic heterocycles. The number of amides is 1. The van der Waals surface area contributed by atoms with E-state index in [1.54, 1.807) is 0 Å². The van der Waals surface area contributed by atoms with E-state index in [2.05, 4.69) is 15.2 Å². The highest BCUT2D eigenvalue weighted by Crippen LogP contribution is 2.24. The average Bonchev–Trinajstić information content (AvgIpc) is 2.95. The van der Waals surface area contributed by atoms with E-state index in [0.29, 0.717) is 12.4 Å². The Hall–Kier alpha value is -1.92. The van der Waals surface area contributed by atoms with Crippen LogP contribution >= 0.6 is 0 Å². The summed E-state index contributed by atoms with van der Waals surface area (Å²) in [6, 6.07) is 0. The number of rotatable bonds is 4. The Balaban J connectivity index is 2.06. The van der Waals surface area contributed by atoms with Crippen LogP contribution in [0.2, 0.25) is 0 Å². The summed E-state index contributed by atoms with van der Waals surface area (Å²) < 4.78 is 0. The van der Waals surface area contributed by atoms with Gasteiger partial charge in [-0.15, -0.1) is 5.10 Å². The van der Waals surface area contributed by atoms with Crippen molar-refractivity contribution in [2.45, 2.75) is 26.7 Å². The number of H-pyrrole nitrogens is 1. The first-order chi connectivity index (χ1) is 9.02. The second-order valence-corrected chi connectivity index (χ2v) is 4.99. The standard InChI is InChI=1S/C12H18N4O3/c1-3-4-9-13-10(15-14-9)11(17)16-5-7(2)8(6-16)12(18)19/h7-8H,3-6H2,1-2H3,(H,18,19)(H,13,14,15)/t7-,8-/m1/s1. The maximum atomic E-state index is 12.2. The minimum atomic E-state index is -0.857. The average molecular weight is 266 g/mol. The predicted molar refractivity (Wildman–Crippen MR) is 66.6 cm³/mol. The van der Waals surface area contributed by atoms with Crippen LogP contribution in [0, 0.1) is 11.8 Å². The highest BCUT2D eigenvalue weighted by molar-refractivity contribution is 5.91. The molecule has 1 aromatic rings. The molecule has 7 heteroatoms. The number of aliphatic carboxylic acids is 1. The van der Waals surface area contributed by atoms with Gasteiger partial charge in [0.2, 0.25) is 5.82 Å². The minimum absolute atomic E-state index is 0.0458. The molecule has 0 radical (unpaired) electrons. The van der Waals surface area contributed by atoms with Gasteiger partial charge in [0.25, 0.3) is 5.91 Å². The van der Waals surface area contributed by atoms with Crippen LogP contribution < -0.4 is 0 Å². The Morgan fingerprint density at radius 2 is 2.21 bits per heavy atom. The van der Waals surface area contributed by atoms with Gasteiger partial charge in [-0.3, -0.25) is 14.7 Å². The largest absolute Gasteiger partial charge is 0.481 e. The fourth-order valence-electron chi connectivity index (χ4n) is 2.34. The van der Waals surface area contributed by atoms with Crippen LogP contribution in [0.4, 0.5) is 0 Å². The first-order valence-electron chi connectivity index (χ1n) is 6.46. The number of aromatic nitrogens is 3. The highest BCUT2D eigenvalue weighted by Gasteiger charge is 2.38. The molecule has 1 saturated heterocycles. The molecule has 2 atom stereocenters. The van der Waals surface area contributed by atoms with Crippen LogP contribution in [0.25, 0.3) is 0 Å². The molecule has 0 saturated carbocycles. The molecule has 104 valence electrons. The topological polar surface area (TPSA) is 99.2 Å². The second-order valence-electron chi connectivity index (χ2n) is 4.99.